The van der Waals surface area contributed by atoms with Crippen LogP contribution >= 0.6 is 0 Å². The molecule has 0 amide bonds. The van der Waals surface area contributed by atoms with Crippen molar-refractivity contribution in [3.8, 4) is 0 Å². The third-order valence-electron chi connectivity index (χ3n) is 3.26. The minimum absolute atomic E-state index is 0.455. The number of pyridine rings is 2. The molecule has 3 nitrogen and oxygen atoms in total. The molecule has 0 N–H and O–H groups in total. The van der Waals surface area contributed by atoms with Gasteiger partial charge in [0, 0.05) is 24.3 Å². The highest BCUT2D eigenvalue weighted by molar-refractivity contribution is 6.05. The molecule has 3 heteroatoms. The Bertz CT molecular complexity index is 695. The zero-order valence-corrected chi connectivity index (χ0v) is 10.3. The van der Waals surface area contributed by atoms with E-state index in [9.17, 15) is 0 Å². The lowest BCUT2D eigenvalue weighted by molar-refractivity contribution is 0.829. The molecule has 0 aliphatic carbocycles. The van der Waals surface area contributed by atoms with E-state index in [1.165, 1.54) is 5.39 Å². The Morgan fingerprint density at radius 2 is 1.94 bits per heavy atom. The molecule has 0 atom stereocenters. The molecule has 0 aliphatic rings. The second-order valence-electron chi connectivity index (χ2n) is 4.71. The lowest BCUT2D eigenvalue weighted by Gasteiger charge is -2.04. The van der Waals surface area contributed by atoms with Crippen LogP contribution < -0.4 is 0 Å². The van der Waals surface area contributed by atoms with Crippen LogP contribution in [0.1, 0.15) is 25.5 Å². The number of hydrogen-bond donors (Lipinski definition) is 0. The van der Waals surface area contributed by atoms with Crippen LogP contribution in [0.3, 0.4) is 0 Å². The van der Waals surface area contributed by atoms with E-state index in [0.717, 1.165) is 22.2 Å². The summed E-state index contributed by atoms with van der Waals surface area (Å²) in [6.45, 7) is 4.34. The first kappa shape index (κ1) is 10.3. The first-order chi connectivity index (χ1) is 8.18. The van der Waals surface area contributed by atoms with Gasteiger partial charge in [-0.2, -0.15) is 0 Å². The molecule has 0 aromatic carbocycles. The molecule has 0 aliphatic heterocycles. The summed E-state index contributed by atoms with van der Waals surface area (Å²) in [5.41, 5.74) is 4.52. The van der Waals surface area contributed by atoms with Gasteiger partial charge in [-0.15, -0.1) is 0 Å². The van der Waals surface area contributed by atoms with Gasteiger partial charge < -0.3 is 4.57 Å². The summed E-state index contributed by atoms with van der Waals surface area (Å²) in [6.07, 6.45) is 3.72. The third kappa shape index (κ3) is 1.42. The van der Waals surface area contributed by atoms with Gasteiger partial charge in [-0.25, -0.2) is 0 Å². The number of nitrogens with zero attached hydrogens (tertiary/aromatic N) is 3. The Morgan fingerprint density at radius 3 is 2.71 bits per heavy atom. The molecule has 0 bridgehead atoms. The maximum atomic E-state index is 4.78. The predicted octanol–water partition coefficient (Wildman–Crippen LogP) is 3.24. The molecule has 0 saturated carbocycles. The predicted molar refractivity (Wildman–Crippen MR) is 70.1 cm³/mol. The van der Waals surface area contributed by atoms with Crippen LogP contribution in [0.25, 0.3) is 21.9 Å². The molecular formula is C14H15N3. The molecule has 0 fully saturated rings. The highest BCUT2D eigenvalue weighted by atomic mass is 15.0. The highest BCUT2D eigenvalue weighted by Gasteiger charge is 2.10. The number of aryl methyl sites for hydroxylation is 1. The van der Waals surface area contributed by atoms with Gasteiger partial charge in [-0.1, -0.05) is 13.8 Å². The van der Waals surface area contributed by atoms with Crippen molar-refractivity contribution < 1.29 is 0 Å². The minimum Gasteiger partial charge on any atom is -0.341 e. The third-order valence-corrected chi connectivity index (χ3v) is 3.26. The lowest BCUT2D eigenvalue weighted by Crippen LogP contribution is -1.93. The maximum absolute atomic E-state index is 4.78. The van der Waals surface area contributed by atoms with E-state index in [-0.39, 0.29) is 0 Å². The van der Waals surface area contributed by atoms with Gasteiger partial charge in [0.05, 0.1) is 22.7 Å². The molecule has 86 valence electrons. The van der Waals surface area contributed by atoms with E-state index in [1.54, 1.807) is 0 Å². The summed E-state index contributed by atoms with van der Waals surface area (Å²) in [6, 6.07) is 6.30. The fourth-order valence-electron chi connectivity index (χ4n) is 2.24. The number of fused-ring (bicyclic) bond motifs is 3. The Labute approximate surface area is 100 Å². The summed E-state index contributed by atoms with van der Waals surface area (Å²) in [4.78, 5) is 8.95. The molecule has 3 aromatic rings. The summed E-state index contributed by atoms with van der Waals surface area (Å²) >= 11 is 0. The van der Waals surface area contributed by atoms with Gasteiger partial charge in [0.2, 0.25) is 0 Å². The average Bonchev–Trinajstić information content (AvgIpc) is 2.64. The molecule has 3 heterocycles. The Morgan fingerprint density at radius 1 is 1.12 bits per heavy atom. The number of rotatable bonds is 1. The molecule has 0 spiro atoms. The quantitative estimate of drug-likeness (QED) is 0.636. The summed E-state index contributed by atoms with van der Waals surface area (Å²) in [5.74, 6) is 0.455. The van der Waals surface area contributed by atoms with Crippen molar-refractivity contribution in [3.05, 3.63) is 36.3 Å². The fraction of sp³-hybridized carbons (Fsp3) is 0.286. The molecule has 0 radical (unpaired) electrons. The van der Waals surface area contributed by atoms with Gasteiger partial charge in [0.15, 0.2) is 0 Å². The van der Waals surface area contributed by atoms with E-state index < -0.39 is 0 Å². The fourth-order valence-corrected chi connectivity index (χ4v) is 2.24. The van der Waals surface area contributed by atoms with Crippen LogP contribution in [0, 0.1) is 0 Å². The topological polar surface area (TPSA) is 30.7 Å². The summed E-state index contributed by atoms with van der Waals surface area (Å²) in [5, 5.41) is 1.18. The van der Waals surface area contributed by atoms with Crippen LogP contribution in [0.5, 0.6) is 0 Å². The molecule has 17 heavy (non-hydrogen) atoms. The van der Waals surface area contributed by atoms with Crippen LogP contribution in [-0.4, -0.2) is 14.5 Å². The molecule has 0 saturated heterocycles. The zero-order valence-electron chi connectivity index (χ0n) is 10.3. The van der Waals surface area contributed by atoms with Crippen molar-refractivity contribution in [2.24, 2.45) is 7.05 Å². The maximum Gasteiger partial charge on any atom is 0.0964 e. The largest absolute Gasteiger partial charge is 0.341 e. The Balaban J connectivity index is 2.46. The van der Waals surface area contributed by atoms with Crippen molar-refractivity contribution in [1.29, 1.82) is 0 Å². The van der Waals surface area contributed by atoms with Gasteiger partial charge in [0.1, 0.15) is 0 Å². The minimum atomic E-state index is 0.455. The van der Waals surface area contributed by atoms with Crippen LogP contribution in [0.2, 0.25) is 0 Å². The van der Waals surface area contributed by atoms with Gasteiger partial charge >= 0.3 is 0 Å². The highest BCUT2D eigenvalue weighted by Crippen LogP contribution is 2.27. The lowest BCUT2D eigenvalue weighted by atomic mass is 10.1. The summed E-state index contributed by atoms with van der Waals surface area (Å²) in [7, 11) is 2.06. The summed E-state index contributed by atoms with van der Waals surface area (Å²) < 4.78 is 2.15. The van der Waals surface area contributed by atoms with E-state index in [1.807, 2.05) is 18.5 Å². The monoisotopic (exact) mass is 225 g/mol. The molecule has 3 rings (SSSR count). The van der Waals surface area contributed by atoms with E-state index in [4.69, 9.17) is 4.98 Å². The Kier molecular flexibility index (Phi) is 2.15. The number of hydrogen-bond acceptors (Lipinski definition) is 2. The molecular weight excluding hydrogens is 210 g/mol. The zero-order chi connectivity index (χ0) is 12.0. The number of aromatic nitrogens is 3. The van der Waals surface area contributed by atoms with Crippen LogP contribution in [0.15, 0.2) is 30.6 Å². The van der Waals surface area contributed by atoms with Crippen molar-refractivity contribution in [1.82, 2.24) is 14.5 Å². The SMILES string of the molecule is CC(C)c1ccc2c(n1)c1ccncc1n2C. The second kappa shape index (κ2) is 3.55. The van der Waals surface area contributed by atoms with Crippen molar-refractivity contribution in [2.75, 3.05) is 0 Å². The van der Waals surface area contributed by atoms with E-state index >= 15 is 0 Å². The Hall–Kier alpha value is -1.90. The van der Waals surface area contributed by atoms with Crippen molar-refractivity contribution in [3.63, 3.8) is 0 Å². The molecule has 0 unspecified atom stereocenters. The van der Waals surface area contributed by atoms with E-state index in [0.29, 0.717) is 5.92 Å². The standard InChI is InChI=1S/C14H15N3/c1-9(2)11-4-5-12-14(16-11)10-6-7-15-8-13(10)17(12)3/h4-9H,1-3H3. The second-order valence-corrected chi connectivity index (χ2v) is 4.71. The first-order valence-electron chi connectivity index (χ1n) is 5.87. The van der Waals surface area contributed by atoms with Crippen molar-refractivity contribution >= 4 is 21.9 Å². The van der Waals surface area contributed by atoms with Crippen molar-refractivity contribution in [2.45, 2.75) is 19.8 Å². The van der Waals surface area contributed by atoms with Crippen LogP contribution in [0.4, 0.5) is 0 Å². The van der Waals surface area contributed by atoms with Crippen LogP contribution in [-0.2, 0) is 7.05 Å². The van der Waals surface area contributed by atoms with Gasteiger partial charge in [-0.05, 0) is 24.1 Å². The molecule has 3 aromatic heterocycles. The smallest absolute Gasteiger partial charge is 0.0964 e. The first-order valence-corrected chi connectivity index (χ1v) is 5.87. The van der Waals surface area contributed by atoms with Gasteiger partial charge in [0.25, 0.3) is 0 Å². The van der Waals surface area contributed by atoms with E-state index in [2.05, 4.69) is 42.6 Å². The average molecular weight is 225 g/mol. The van der Waals surface area contributed by atoms with Gasteiger partial charge in [-0.3, -0.25) is 9.97 Å². The normalized spacial score (nSPS) is 11.8.